The van der Waals surface area contributed by atoms with E-state index in [9.17, 15) is 19.4 Å². The van der Waals surface area contributed by atoms with Crippen molar-refractivity contribution in [2.24, 2.45) is 5.41 Å². The fourth-order valence-electron chi connectivity index (χ4n) is 4.44. The summed E-state index contributed by atoms with van der Waals surface area (Å²) in [4.78, 5) is 11.6. The summed E-state index contributed by atoms with van der Waals surface area (Å²) in [5.74, 6) is -0.695. The average molecular weight is 384 g/mol. The molecule has 2 fully saturated rings. The number of allylic oxidation sites excluding steroid dienone is 4. The van der Waals surface area contributed by atoms with Crippen molar-refractivity contribution in [1.82, 2.24) is 0 Å². The summed E-state index contributed by atoms with van der Waals surface area (Å²) in [6.07, 6.45) is 6.90. The maximum Gasteiger partial charge on any atom is 0.309 e. The quantitative estimate of drug-likeness (QED) is 0.777. The topological polar surface area (TPSA) is 66.8 Å². The Bertz CT molecular complexity index is 882. The SMILES string of the molecule is CC(C)(O)C1=CC(c2ccc(F)cc2)=C(C=C[C@@H]2C[C@@H](O)CC(=O)O2)C12CC2. The lowest BCUT2D eigenvalue weighted by molar-refractivity contribution is -0.156. The third-order valence-electron chi connectivity index (χ3n) is 5.84. The number of aliphatic hydroxyl groups is 2. The monoisotopic (exact) mass is 384 g/mol. The maximum atomic E-state index is 13.4. The lowest BCUT2D eigenvalue weighted by Crippen LogP contribution is -2.31. The number of halogens is 1. The number of hydrogen-bond acceptors (Lipinski definition) is 4. The molecule has 1 saturated carbocycles. The molecule has 1 spiro atoms. The Morgan fingerprint density at radius 1 is 1.25 bits per heavy atom. The van der Waals surface area contributed by atoms with Crippen LogP contribution in [0.15, 0.2) is 53.6 Å². The first-order valence-electron chi connectivity index (χ1n) is 9.70. The molecule has 2 N–H and O–H groups in total. The number of carbonyl (C=O) groups excluding carboxylic acids is 1. The maximum absolute atomic E-state index is 13.4. The Hall–Kier alpha value is -2.24. The molecule has 5 heteroatoms. The van der Waals surface area contributed by atoms with Gasteiger partial charge in [0, 0.05) is 11.8 Å². The van der Waals surface area contributed by atoms with Crippen LogP contribution in [0.25, 0.3) is 5.57 Å². The summed E-state index contributed by atoms with van der Waals surface area (Å²) >= 11 is 0. The molecule has 2 aliphatic carbocycles. The van der Waals surface area contributed by atoms with Crippen LogP contribution < -0.4 is 0 Å². The molecule has 1 saturated heterocycles. The highest BCUT2D eigenvalue weighted by Gasteiger charge is 2.55. The summed E-state index contributed by atoms with van der Waals surface area (Å²) in [6, 6.07) is 6.34. The number of benzene rings is 1. The van der Waals surface area contributed by atoms with Gasteiger partial charge in [0.15, 0.2) is 0 Å². The second-order valence-corrected chi connectivity index (χ2v) is 8.51. The van der Waals surface area contributed by atoms with E-state index in [1.165, 1.54) is 12.1 Å². The average Bonchev–Trinajstić information content (AvgIpc) is 3.29. The van der Waals surface area contributed by atoms with Gasteiger partial charge < -0.3 is 14.9 Å². The molecular formula is C23H25FO4. The zero-order valence-corrected chi connectivity index (χ0v) is 16.1. The molecule has 28 heavy (non-hydrogen) atoms. The van der Waals surface area contributed by atoms with Crippen LogP contribution >= 0.6 is 0 Å². The van der Waals surface area contributed by atoms with Gasteiger partial charge in [0.1, 0.15) is 11.9 Å². The predicted molar refractivity (Wildman–Crippen MR) is 104 cm³/mol. The number of cyclic esters (lactones) is 1. The molecule has 0 radical (unpaired) electrons. The van der Waals surface area contributed by atoms with Gasteiger partial charge in [-0.3, -0.25) is 4.79 Å². The Morgan fingerprint density at radius 3 is 2.50 bits per heavy atom. The molecule has 4 nitrogen and oxygen atoms in total. The number of esters is 1. The van der Waals surface area contributed by atoms with E-state index in [-0.39, 0.29) is 17.7 Å². The normalized spacial score (nSPS) is 26.8. The first kappa shape index (κ1) is 19.1. The van der Waals surface area contributed by atoms with Crippen LogP contribution in [0.2, 0.25) is 0 Å². The first-order valence-corrected chi connectivity index (χ1v) is 9.70. The molecule has 148 valence electrons. The Balaban J connectivity index is 1.73. The number of hydrogen-bond donors (Lipinski definition) is 2. The number of rotatable bonds is 4. The van der Waals surface area contributed by atoms with E-state index in [0.717, 1.165) is 35.1 Å². The van der Waals surface area contributed by atoms with E-state index < -0.39 is 23.8 Å². The standard InChI is InChI=1S/C23H25FO4/c1-22(2,27)20-13-18(14-3-5-15(24)6-4-14)19(23(20)9-10-23)8-7-17-11-16(25)12-21(26)28-17/h3-8,13,16-17,25,27H,9-12H2,1-2H3/t16-,17-/m1/s1. The van der Waals surface area contributed by atoms with Gasteiger partial charge in [-0.2, -0.15) is 0 Å². The fraction of sp³-hybridized carbons (Fsp3) is 0.435. The van der Waals surface area contributed by atoms with Crippen molar-refractivity contribution < 1.29 is 24.1 Å². The zero-order valence-electron chi connectivity index (χ0n) is 16.1. The van der Waals surface area contributed by atoms with Gasteiger partial charge in [0.05, 0.1) is 18.1 Å². The summed E-state index contributed by atoms with van der Waals surface area (Å²) in [5, 5.41) is 20.6. The predicted octanol–water partition coefficient (Wildman–Crippen LogP) is 3.69. The molecule has 3 aliphatic rings. The van der Waals surface area contributed by atoms with Crippen LogP contribution in [0.1, 0.15) is 45.1 Å². The summed E-state index contributed by atoms with van der Waals surface area (Å²) in [5.41, 5.74) is 2.65. The van der Waals surface area contributed by atoms with Crippen molar-refractivity contribution in [3.05, 3.63) is 65.0 Å². The van der Waals surface area contributed by atoms with Crippen molar-refractivity contribution in [1.29, 1.82) is 0 Å². The van der Waals surface area contributed by atoms with Gasteiger partial charge in [-0.15, -0.1) is 0 Å². The largest absolute Gasteiger partial charge is 0.458 e. The van der Waals surface area contributed by atoms with E-state index >= 15 is 0 Å². The highest BCUT2D eigenvalue weighted by Crippen LogP contribution is 2.65. The van der Waals surface area contributed by atoms with Crippen molar-refractivity contribution >= 4 is 11.5 Å². The molecule has 0 unspecified atom stereocenters. The summed E-state index contributed by atoms with van der Waals surface area (Å²) in [6.45, 7) is 3.57. The zero-order chi connectivity index (χ0) is 20.1. The summed E-state index contributed by atoms with van der Waals surface area (Å²) in [7, 11) is 0. The van der Waals surface area contributed by atoms with Crippen LogP contribution in [0.5, 0.6) is 0 Å². The highest BCUT2D eigenvalue weighted by atomic mass is 19.1. The smallest absolute Gasteiger partial charge is 0.309 e. The number of carbonyl (C=O) groups is 1. The lowest BCUT2D eigenvalue weighted by atomic mass is 9.82. The molecule has 1 heterocycles. The van der Waals surface area contributed by atoms with Gasteiger partial charge in [-0.05, 0) is 67.2 Å². The summed E-state index contributed by atoms with van der Waals surface area (Å²) < 4.78 is 18.7. The van der Waals surface area contributed by atoms with Crippen molar-refractivity contribution in [2.45, 2.75) is 57.3 Å². The van der Waals surface area contributed by atoms with Gasteiger partial charge in [-0.1, -0.05) is 24.3 Å². The van der Waals surface area contributed by atoms with Gasteiger partial charge in [0.2, 0.25) is 0 Å². The minimum absolute atomic E-state index is 0.0300. The van der Waals surface area contributed by atoms with Crippen molar-refractivity contribution in [2.75, 3.05) is 0 Å². The Labute approximate surface area is 164 Å². The lowest BCUT2D eigenvalue weighted by Gasteiger charge is -2.27. The first-order chi connectivity index (χ1) is 13.2. The van der Waals surface area contributed by atoms with Crippen LogP contribution in [-0.2, 0) is 9.53 Å². The second-order valence-electron chi connectivity index (χ2n) is 8.51. The minimum Gasteiger partial charge on any atom is -0.458 e. The van der Waals surface area contributed by atoms with E-state index in [2.05, 4.69) is 0 Å². The molecule has 4 rings (SSSR count). The number of ether oxygens (including phenoxy) is 1. The van der Waals surface area contributed by atoms with Crippen molar-refractivity contribution in [3.8, 4) is 0 Å². The van der Waals surface area contributed by atoms with Crippen LogP contribution in [-0.4, -0.2) is 34.0 Å². The third-order valence-corrected chi connectivity index (χ3v) is 5.84. The molecular weight excluding hydrogens is 359 g/mol. The Kier molecular flexibility index (Phi) is 4.55. The van der Waals surface area contributed by atoms with E-state index in [0.29, 0.717) is 6.42 Å². The van der Waals surface area contributed by atoms with E-state index in [1.807, 2.05) is 18.2 Å². The number of aliphatic hydroxyl groups excluding tert-OH is 1. The van der Waals surface area contributed by atoms with E-state index in [4.69, 9.17) is 4.74 Å². The molecule has 2 atom stereocenters. The third kappa shape index (κ3) is 3.45. The fourth-order valence-corrected chi connectivity index (χ4v) is 4.44. The molecule has 1 aromatic carbocycles. The van der Waals surface area contributed by atoms with Crippen molar-refractivity contribution in [3.63, 3.8) is 0 Å². The molecule has 0 bridgehead atoms. The molecule has 1 aromatic rings. The Morgan fingerprint density at radius 2 is 1.93 bits per heavy atom. The highest BCUT2D eigenvalue weighted by molar-refractivity contribution is 5.86. The second kappa shape index (κ2) is 6.68. The van der Waals surface area contributed by atoms with Crippen LogP contribution in [0.3, 0.4) is 0 Å². The minimum atomic E-state index is -0.967. The van der Waals surface area contributed by atoms with Crippen LogP contribution in [0.4, 0.5) is 4.39 Å². The van der Waals surface area contributed by atoms with Gasteiger partial charge in [-0.25, -0.2) is 4.39 Å². The molecule has 0 aromatic heterocycles. The van der Waals surface area contributed by atoms with Gasteiger partial charge in [0.25, 0.3) is 0 Å². The van der Waals surface area contributed by atoms with Gasteiger partial charge >= 0.3 is 5.97 Å². The van der Waals surface area contributed by atoms with E-state index in [1.54, 1.807) is 26.0 Å². The molecule has 0 amide bonds. The van der Waals surface area contributed by atoms with Crippen LogP contribution in [0, 0.1) is 11.2 Å². The molecule has 1 aliphatic heterocycles.